The number of thiazole rings is 1. The van der Waals surface area contributed by atoms with Gasteiger partial charge >= 0.3 is 0 Å². The Bertz CT molecular complexity index is 1050. The van der Waals surface area contributed by atoms with Gasteiger partial charge in [-0.2, -0.15) is 0 Å². The molecule has 2 N–H and O–H groups in total. The minimum Gasteiger partial charge on any atom is -0.355 e. The van der Waals surface area contributed by atoms with E-state index in [0.717, 1.165) is 42.0 Å². The Morgan fingerprint density at radius 2 is 2.19 bits per heavy atom. The summed E-state index contributed by atoms with van der Waals surface area (Å²) in [4.78, 5) is 9.04. The topological polar surface area (TPSA) is 49.8 Å². The third kappa shape index (κ3) is 2.73. The molecule has 0 radical (unpaired) electrons. The molecule has 0 saturated carbocycles. The average Bonchev–Trinajstić information content (AvgIpc) is 3.28. The highest BCUT2D eigenvalue weighted by Crippen LogP contribution is 2.36. The Morgan fingerprint density at radius 3 is 3.12 bits per heavy atom. The van der Waals surface area contributed by atoms with Gasteiger partial charge in [0.1, 0.15) is 0 Å². The second kappa shape index (κ2) is 6.34. The molecule has 1 aliphatic heterocycles. The van der Waals surface area contributed by atoms with E-state index in [0.29, 0.717) is 6.04 Å². The molecule has 1 atom stereocenters. The van der Waals surface area contributed by atoms with Gasteiger partial charge in [0.25, 0.3) is 0 Å². The van der Waals surface area contributed by atoms with Crippen LogP contribution in [-0.4, -0.2) is 22.6 Å². The summed E-state index contributed by atoms with van der Waals surface area (Å²) in [5.41, 5.74) is 10.3. The van der Waals surface area contributed by atoms with Gasteiger partial charge in [0.05, 0.1) is 21.4 Å². The van der Waals surface area contributed by atoms with Crippen LogP contribution in [0.5, 0.6) is 0 Å². The maximum absolute atomic E-state index is 4.62. The number of rotatable bonds is 3. The fourth-order valence-corrected chi connectivity index (χ4v) is 4.49. The molecule has 0 fully saturated rings. The Morgan fingerprint density at radius 1 is 1.23 bits per heavy atom. The smallest absolute Gasteiger partial charge is 0.0832 e. The zero-order valence-corrected chi connectivity index (χ0v) is 15.4. The highest BCUT2D eigenvalue weighted by molar-refractivity contribution is 7.16. The molecule has 1 aromatic carbocycles. The number of hydrogen-bond acceptors (Lipinski definition) is 5. The SMILES string of the molecule is CC1NCCC=C1C1=Cc2c(Nc3ccc4scnc4c3)ccnc2C1. The fourth-order valence-electron chi connectivity index (χ4n) is 3.83. The van der Waals surface area contributed by atoms with Crippen LogP contribution < -0.4 is 10.6 Å². The van der Waals surface area contributed by atoms with Gasteiger partial charge < -0.3 is 10.6 Å². The van der Waals surface area contributed by atoms with Gasteiger partial charge in [-0.25, -0.2) is 4.98 Å². The monoisotopic (exact) mass is 360 g/mol. The van der Waals surface area contributed by atoms with Crippen LogP contribution in [0.15, 0.2) is 53.2 Å². The molecule has 0 amide bonds. The van der Waals surface area contributed by atoms with Crippen molar-refractivity contribution in [1.29, 1.82) is 0 Å². The first-order chi connectivity index (χ1) is 12.8. The lowest BCUT2D eigenvalue weighted by Crippen LogP contribution is -2.32. The Labute approximate surface area is 156 Å². The molecule has 5 heteroatoms. The van der Waals surface area contributed by atoms with Crippen molar-refractivity contribution < 1.29 is 0 Å². The number of pyridine rings is 1. The summed E-state index contributed by atoms with van der Waals surface area (Å²) in [6, 6.07) is 8.81. The highest BCUT2D eigenvalue weighted by atomic mass is 32.1. The second-order valence-corrected chi connectivity index (χ2v) is 7.74. The predicted molar refractivity (Wildman–Crippen MR) is 109 cm³/mol. The van der Waals surface area contributed by atoms with Gasteiger partial charge in [-0.1, -0.05) is 6.08 Å². The molecule has 1 unspecified atom stereocenters. The lowest BCUT2D eigenvalue weighted by molar-refractivity contribution is 0.587. The average molecular weight is 360 g/mol. The summed E-state index contributed by atoms with van der Waals surface area (Å²) in [6.07, 6.45) is 8.59. The van der Waals surface area contributed by atoms with Crippen molar-refractivity contribution in [2.24, 2.45) is 0 Å². The molecule has 4 nitrogen and oxygen atoms in total. The number of nitrogens with one attached hydrogen (secondary N) is 2. The second-order valence-electron chi connectivity index (χ2n) is 6.85. The van der Waals surface area contributed by atoms with Crippen molar-refractivity contribution in [1.82, 2.24) is 15.3 Å². The molecule has 2 aliphatic rings. The first-order valence-electron chi connectivity index (χ1n) is 9.00. The number of anilines is 2. The lowest BCUT2D eigenvalue weighted by Gasteiger charge is -2.23. The number of aromatic nitrogens is 2. The summed E-state index contributed by atoms with van der Waals surface area (Å²) in [5.74, 6) is 0. The minimum absolute atomic E-state index is 0.410. The summed E-state index contributed by atoms with van der Waals surface area (Å²) in [5, 5.41) is 7.12. The number of hydrogen-bond donors (Lipinski definition) is 2. The maximum atomic E-state index is 4.62. The molecule has 0 bridgehead atoms. The van der Waals surface area contributed by atoms with Crippen LogP contribution in [0.4, 0.5) is 11.4 Å². The van der Waals surface area contributed by atoms with Crippen LogP contribution in [0.2, 0.25) is 0 Å². The molecule has 0 spiro atoms. The van der Waals surface area contributed by atoms with E-state index in [-0.39, 0.29) is 0 Å². The molecular weight excluding hydrogens is 340 g/mol. The van der Waals surface area contributed by atoms with Crippen molar-refractivity contribution in [3.05, 3.63) is 64.5 Å². The van der Waals surface area contributed by atoms with Crippen molar-refractivity contribution in [3.63, 3.8) is 0 Å². The lowest BCUT2D eigenvalue weighted by atomic mass is 9.95. The molecule has 3 aromatic rings. The van der Waals surface area contributed by atoms with Gasteiger partial charge in [0.2, 0.25) is 0 Å². The van der Waals surface area contributed by atoms with E-state index in [9.17, 15) is 0 Å². The molecule has 3 heterocycles. The van der Waals surface area contributed by atoms with Crippen LogP contribution in [0.25, 0.3) is 16.3 Å². The normalized spacial score (nSPS) is 19.2. The van der Waals surface area contributed by atoms with E-state index in [1.54, 1.807) is 11.3 Å². The number of nitrogens with zero attached hydrogens (tertiary/aromatic N) is 2. The molecule has 5 rings (SSSR count). The zero-order chi connectivity index (χ0) is 17.5. The van der Waals surface area contributed by atoms with Crippen LogP contribution in [0.1, 0.15) is 24.6 Å². The van der Waals surface area contributed by atoms with Crippen LogP contribution >= 0.6 is 11.3 Å². The molecule has 0 saturated heterocycles. The largest absolute Gasteiger partial charge is 0.355 e. The van der Waals surface area contributed by atoms with Crippen LogP contribution in [0.3, 0.4) is 0 Å². The van der Waals surface area contributed by atoms with Crippen LogP contribution in [0, 0.1) is 0 Å². The quantitative estimate of drug-likeness (QED) is 0.712. The third-order valence-corrected chi connectivity index (χ3v) is 5.96. The third-order valence-electron chi connectivity index (χ3n) is 5.15. The van der Waals surface area contributed by atoms with Gasteiger partial charge in [-0.3, -0.25) is 4.98 Å². The van der Waals surface area contributed by atoms with Gasteiger partial charge in [-0.15, -0.1) is 11.3 Å². The van der Waals surface area contributed by atoms with Gasteiger partial charge in [-0.05, 0) is 61.4 Å². The molecular formula is C21H20N4S. The van der Waals surface area contributed by atoms with E-state index in [1.807, 2.05) is 11.7 Å². The fraction of sp³-hybridized carbons (Fsp3) is 0.238. The van der Waals surface area contributed by atoms with E-state index < -0.39 is 0 Å². The van der Waals surface area contributed by atoms with Gasteiger partial charge in [0, 0.05) is 35.6 Å². The Hall–Kier alpha value is -2.50. The van der Waals surface area contributed by atoms with Crippen molar-refractivity contribution >= 4 is 39.0 Å². The Balaban J connectivity index is 1.48. The van der Waals surface area contributed by atoms with Gasteiger partial charge in [0.15, 0.2) is 0 Å². The molecule has 1 aliphatic carbocycles. The molecule has 2 aromatic heterocycles. The number of benzene rings is 1. The maximum Gasteiger partial charge on any atom is 0.0832 e. The summed E-state index contributed by atoms with van der Waals surface area (Å²) < 4.78 is 1.21. The first-order valence-corrected chi connectivity index (χ1v) is 9.88. The summed E-state index contributed by atoms with van der Waals surface area (Å²) >= 11 is 1.67. The number of fused-ring (bicyclic) bond motifs is 2. The van der Waals surface area contributed by atoms with E-state index in [2.05, 4.69) is 63.9 Å². The van der Waals surface area contributed by atoms with E-state index in [1.165, 1.54) is 21.4 Å². The zero-order valence-electron chi connectivity index (χ0n) is 14.6. The molecule has 130 valence electrons. The van der Waals surface area contributed by atoms with Crippen molar-refractivity contribution in [3.8, 4) is 0 Å². The van der Waals surface area contributed by atoms with Crippen LogP contribution in [-0.2, 0) is 6.42 Å². The van der Waals surface area contributed by atoms with Crippen molar-refractivity contribution in [2.75, 3.05) is 11.9 Å². The highest BCUT2D eigenvalue weighted by Gasteiger charge is 2.23. The summed E-state index contributed by atoms with van der Waals surface area (Å²) in [6.45, 7) is 3.31. The summed E-state index contributed by atoms with van der Waals surface area (Å²) in [7, 11) is 0. The van der Waals surface area contributed by atoms with E-state index in [4.69, 9.17) is 0 Å². The molecule has 26 heavy (non-hydrogen) atoms. The van der Waals surface area contributed by atoms with Crippen molar-refractivity contribution in [2.45, 2.75) is 25.8 Å². The van der Waals surface area contributed by atoms with E-state index >= 15 is 0 Å². The predicted octanol–water partition coefficient (Wildman–Crippen LogP) is 4.68. The first kappa shape index (κ1) is 15.7. The standard InChI is InChI=1S/C21H20N4S/c1-13-16(3-2-7-22-13)14-9-17-18(6-8-23-19(17)10-14)25-15-4-5-21-20(11-15)24-12-26-21/h3-6,8-9,11-13,22H,2,7,10H2,1H3,(H,23,25). The Kier molecular flexibility index (Phi) is 3.84. The minimum atomic E-state index is 0.410.